The molecule has 0 aliphatic carbocycles. The summed E-state index contributed by atoms with van der Waals surface area (Å²) in [5.74, 6) is 0.744. The fraction of sp³-hybridized carbons (Fsp3) is 0.659. The van der Waals surface area contributed by atoms with Crippen LogP contribution >= 0.6 is 0 Å². The van der Waals surface area contributed by atoms with Gasteiger partial charge in [-0.05, 0) is 79.1 Å². The Labute approximate surface area is 328 Å². The number of aliphatic hydroxyl groups is 1. The molecule has 0 aromatic carbocycles. The number of alkyl carbamates (subject to hydrolysis) is 1. The molecule has 0 unspecified atom stereocenters. The van der Waals surface area contributed by atoms with Gasteiger partial charge in [-0.15, -0.1) is 0 Å². The molecular formula is C41H56N4O11. The summed E-state index contributed by atoms with van der Waals surface area (Å²) in [6, 6.07) is 5.89. The van der Waals surface area contributed by atoms with Crippen LogP contribution in [0.4, 0.5) is 4.79 Å². The first-order chi connectivity index (χ1) is 26.4. The second kappa shape index (κ2) is 17.5. The van der Waals surface area contributed by atoms with Gasteiger partial charge in [0.1, 0.15) is 36.2 Å². The molecule has 15 heteroatoms. The Balaban J connectivity index is 1.55. The molecule has 1 amide bonds. The van der Waals surface area contributed by atoms with Gasteiger partial charge in [-0.3, -0.25) is 19.4 Å². The Morgan fingerprint density at radius 2 is 1.77 bits per heavy atom. The molecular weight excluding hydrogens is 724 g/mol. The molecule has 306 valence electrons. The first kappa shape index (κ1) is 42.9. The monoisotopic (exact) mass is 780 g/mol. The minimum absolute atomic E-state index is 0.0238. The average molecular weight is 781 g/mol. The number of nitrogens with zero attached hydrogens (tertiary/aromatic N) is 3. The second-order valence-corrected chi connectivity index (χ2v) is 16.1. The highest BCUT2D eigenvalue weighted by molar-refractivity contribution is 6.00. The van der Waals surface area contributed by atoms with E-state index in [0.29, 0.717) is 17.8 Å². The third kappa shape index (κ3) is 9.00. The number of likely N-dealkylation sites (N-methyl/N-ethyl adjacent to an activating group) is 1. The quantitative estimate of drug-likeness (QED) is 0.234. The van der Waals surface area contributed by atoms with Crippen molar-refractivity contribution in [1.29, 1.82) is 0 Å². The number of carbonyl (C=O) groups excluding carboxylic acids is 4. The zero-order valence-electron chi connectivity index (χ0n) is 33.9. The molecule has 3 aliphatic heterocycles. The summed E-state index contributed by atoms with van der Waals surface area (Å²) in [5, 5.41) is 18.4. The molecule has 13 atom stereocenters. The van der Waals surface area contributed by atoms with Crippen molar-refractivity contribution in [2.75, 3.05) is 20.7 Å². The van der Waals surface area contributed by atoms with Crippen LogP contribution in [0.3, 0.4) is 0 Å². The highest BCUT2D eigenvalue weighted by Gasteiger charge is 2.57. The van der Waals surface area contributed by atoms with Crippen LogP contribution in [0.2, 0.25) is 0 Å². The Kier molecular flexibility index (Phi) is 13.4. The third-order valence-electron chi connectivity index (χ3n) is 11.6. The van der Waals surface area contributed by atoms with Crippen molar-refractivity contribution in [2.24, 2.45) is 23.7 Å². The van der Waals surface area contributed by atoms with Crippen LogP contribution in [-0.4, -0.2) is 118 Å². The number of carbonyl (C=O) groups is 4. The zero-order valence-corrected chi connectivity index (χ0v) is 33.9. The van der Waals surface area contributed by atoms with E-state index in [1.807, 2.05) is 32.0 Å². The number of esters is 1. The maximum Gasteiger partial charge on any atom is 0.408 e. The Bertz CT molecular complexity index is 1790. The fourth-order valence-electron chi connectivity index (χ4n) is 8.42. The van der Waals surface area contributed by atoms with Crippen LogP contribution in [0.15, 0.2) is 35.0 Å². The predicted octanol–water partition coefficient (Wildman–Crippen LogP) is 3.95. The number of hydrogen-bond donors (Lipinski definition) is 2. The van der Waals surface area contributed by atoms with Gasteiger partial charge >= 0.3 is 12.1 Å². The lowest BCUT2D eigenvalue weighted by Crippen LogP contribution is -2.60. The maximum atomic E-state index is 14.4. The summed E-state index contributed by atoms with van der Waals surface area (Å²) >= 11 is 0. The molecule has 0 bridgehead atoms. The largest absolute Gasteiger partial charge is 0.458 e. The summed E-state index contributed by atoms with van der Waals surface area (Å²) in [6.45, 7) is 13.3. The number of cyclic esters (lactones) is 1. The predicted molar refractivity (Wildman–Crippen MR) is 202 cm³/mol. The molecule has 3 fully saturated rings. The van der Waals surface area contributed by atoms with Crippen molar-refractivity contribution in [3.8, 4) is 23.2 Å². The zero-order chi connectivity index (χ0) is 41.1. The van der Waals surface area contributed by atoms with E-state index in [-0.39, 0.29) is 43.1 Å². The number of pyridine rings is 1. The maximum absolute atomic E-state index is 14.4. The van der Waals surface area contributed by atoms with Gasteiger partial charge in [0.2, 0.25) is 5.76 Å². The number of ether oxygens (including phenoxy) is 5. The molecule has 56 heavy (non-hydrogen) atoms. The smallest absolute Gasteiger partial charge is 0.408 e. The van der Waals surface area contributed by atoms with Gasteiger partial charge in [0.25, 0.3) is 0 Å². The van der Waals surface area contributed by atoms with E-state index in [1.54, 1.807) is 65.9 Å². The van der Waals surface area contributed by atoms with Gasteiger partial charge in [0.05, 0.1) is 29.5 Å². The Morgan fingerprint density at radius 1 is 1.04 bits per heavy atom. The number of nitrogens with one attached hydrogen (secondary N) is 1. The summed E-state index contributed by atoms with van der Waals surface area (Å²) < 4.78 is 36.5. The van der Waals surface area contributed by atoms with Crippen molar-refractivity contribution in [3.05, 3.63) is 36.2 Å². The molecule has 0 saturated carbocycles. The second-order valence-electron chi connectivity index (χ2n) is 16.1. The number of amides is 1. The van der Waals surface area contributed by atoms with Gasteiger partial charge in [0, 0.05) is 36.1 Å². The van der Waals surface area contributed by atoms with E-state index in [9.17, 15) is 24.3 Å². The van der Waals surface area contributed by atoms with Crippen molar-refractivity contribution in [3.63, 3.8) is 0 Å². The molecule has 2 aromatic heterocycles. The number of aliphatic hydroxyl groups excluding tert-OH is 1. The van der Waals surface area contributed by atoms with E-state index >= 15 is 0 Å². The van der Waals surface area contributed by atoms with E-state index < -0.39 is 83.4 Å². The SMILES string of the molecule is CC[C@H]1OC(=O)[C@H](C)C(=O)[C@H](C)[C@@H](O[C@@H]2O[C@H](C)C[C@H](N(C)C)[C@H]2O)[C@@](C)(OCC#Cc2cc(-c3ccccn3)no2)C[C@@H](C)C(=O)[C@H](C)[C@H]2NC(=O)O[C@@]21C. The van der Waals surface area contributed by atoms with E-state index in [4.69, 9.17) is 28.2 Å². The Morgan fingerprint density at radius 3 is 2.43 bits per heavy atom. The molecule has 0 radical (unpaired) electrons. The minimum Gasteiger partial charge on any atom is -0.458 e. The van der Waals surface area contributed by atoms with Gasteiger partial charge in [-0.1, -0.05) is 44.8 Å². The van der Waals surface area contributed by atoms with Crippen LogP contribution < -0.4 is 5.32 Å². The summed E-state index contributed by atoms with van der Waals surface area (Å²) in [7, 11) is 3.70. The normalized spacial score (nSPS) is 37.1. The van der Waals surface area contributed by atoms with Gasteiger partial charge in [-0.2, -0.15) is 0 Å². The molecule has 3 aliphatic rings. The van der Waals surface area contributed by atoms with Crippen molar-refractivity contribution in [1.82, 2.24) is 20.4 Å². The van der Waals surface area contributed by atoms with E-state index in [2.05, 4.69) is 27.3 Å². The number of aromatic nitrogens is 2. The van der Waals surface area contributed by atoms with Crippen LogP contribution in [0.1, 0.15) is 80.4 Å². The van der Waals surface area contributed by atoms with Crippen LogP contribution in [0.25, 0.3) is 11.4 Å². The number of ketones is 2. The van der Waals surface area contributed by atoms with Gasteiger partial charge in [0.15, 0.2) is 17.7 Å². The minimum atomic E-state index is -1.45. The molecule has 2 aromatic rings. The lowest BCUT2D eigenvalue weighted by Gasteiger charge is -2.47. The molecule has 2 N–H and O–H groups in total. The number of rotatable bonds is 7. The van der Waals surface area contributed by atoms with Crippen molar-refractivity contribution >= 4 is 23.6 Å². The number of Topliss-reactive ketones (excluding diaryl/α,β-unsaturated/α-hetero) is 2. The molecule has 15 nitrogen and oxygen atoms in total. The van der Waals surface area contributed by atoms with Crippen molar-refractivity contribution < 1.29 is 52.5 Å². The summed E-state index contributed by atoms with van der Waals surface area (Å²) in [6.07, 6.45) is -3.03. The van der Waals surface area contributed by atoms with E-state index in [0.717, 1.165) is 0 Å². The van der Waals surface area contributed by atoms with Gasteiger partial charge < -0.3 is 43.5 Å². The topological polar surface area (TPSA) is 189 Å². The standard InChI is InChI=1S/C41H56N4O11/c1-11-31-41(8)35(43-39(50)55-41)24(4)32(46)22(2)21-40(7,51-18-14-15-27-20-29(44-56-27)28-16-12-13-17-42-28)36(25(5)33(47)26(6)37(49)53-31)54-38-34(48)30(45(9)10)19-23(3)52-38/h12-13,16-17,20,22-26,30-31,34-36,38,48H,11,18-19,21H2,1-10H3,(H,43,50)/t22-,23-,24+,25+,26-,30+,31-,34-,35-,36-,38+,40+,41-/m1/s1. The summed E-state index contributed by atoms with van der Waals surface area (Å²) in [4.78, 5) is 61.5. The highest BCUT2D eigenvalue weighted by Crippen LogP contribution is 2.40. The molecule has 3 saturated heterocycles. The summed E-state index contributed by atoms with van der Waals surface area (Å²) in [5.41, 5.74) is -1.73. The number of fused-ring (bicyclic) bond motifs is 1. The van der Waals surface area contributed by atoms with Gasteiger partial charge in [-0.25, -0.2) is 4.79 Å². The first-order valence-electron chi connectivity index (χ1n) is 19.3. The van der Waals surface area contributed by atoms with Crippen molar-refractivity contribution in [2.45, 2.75) is 129 Å². The Hall–Kier alpha value is -4.20. The lowest BCUT2D eigenvalue weighted by atomic mass is 9.73. The molecule has 5 heterocycles. The highest BCUT2D eigenvalue weighted by atomic mass is 16.7. The average Bonchev–Trinajstić information content (AvgIpc) is 3.77. The number of hydrogen-bond acceptors (Lipinski definition) is 14. The fourth-order valence-corrected chi connectivity index (χ4v) is 8.42. The van der Waals surface area contributed by atoms with Crippen LogP contribution in [-0.2, 0) is 38.1 Å². The van der Waals surface area contributed by atoms with Crippen LogP contribution in [0.5, 0.6) is 0 Å². The first-order valence-corrected chi connectivity index (χ1v) is 19.3. The third-order valence-corrected chi connectivity index (χ3v) is 11.6. The van der Waals surface area contributed by atoms with E-state index in [1.165, 1.54) is 6.92 Å². The van der Waals surface area contributed by atoms with Crippen LogP contribution in [0, 0.1) is 35.5 Å². The molecule has 5 rings (SSSR count). The lowest BCUT2D eigenvalue weighted by molar-refractivity contribution is -0.296. The molecule has 0 spiro atoms.